The maximum atomic E-state index is 5.96. The van der Waals surface area contributed by atoms with Gasteiger partial charge in [-0.05, 0) is 13.0 Å². The van der Waals surface area contributed by atoms with E-state index in [1.54, 1.807) is 25.7 Å². The van der Waals surface area contributed by atoms with E-state index in [1.165, 1.54) is 0 Å². The molecule has 0 fully saturated rings. The van der Waals surface area contributed by atoms with Crippen molar-refractivity contribution in [1.29, 1.82) is 0 Å². The van der Waals surface area contributed by atoms with Crippen LogP contribution in [0.2, 0.25) is 5.15 Å². The molecule has 2 rings (SSSR count). The lowest BCUT2D eigenvalue weighted by atomic mass is 10.3. The number of nitrogens with zero attached hydrogens (tertiary/aromatic N) is 4. The van der Waals surface area contributed by atoms with Crippen molar-refractivity contribution in [2.24, 2.45) is 0 Å². The third kappa shape index (κ3) is 2.62. The first-order chi connectivity index (χ1) is 8.24. The molecule has 0 amide bonds. The lowest BCUT2D eigenvalue weighted by Gasteiger charge is -2.06. The predicted molar refractivity (Wildman–Crippen MR) is 64.7 cm³/mol. The van der Waals surface area contributed by atoms with Crippen LogP contribution in [0.1, 0.15) is 12.6 Å². The fourth-order valence-corrected chi connectivity index (χ4v) is 1.77. The van der Waals surface area contributed by atoms with E-state index in [0.29, 0.717) is 17.6 Å². The number of halogens is 1. The standard InChI is InChI=1S/C11H13ClN4O/c1-3-16-7-13-5-9(16)11-14-8(6-17-2)4-10(12)15-11/h4-5,7H,3,6H2,1-2H3. The van der Waals surface area contributed by atoms with E-state index in [9.17, 15) is 0 Å². The highest BCUT2D eigenvalue weighted by atomic mass is 35.5. The molecule has 0 atom stereocenters. The number of methoxy groups -OCH3 is 1. The van der Waals surface area contributed by atoms with Crippen molar-refractivity contribution in [2.45, 2.75) is 20.1 Å². The van der Waals surface area contributed by atoms with Gasteiger partial charge in [-0.15, -0.1) is 0 Å². The summed E-state index contributed by atoms with van der Waals surface area (Å²) in [6, 6.07) is 1.70. The molecule has 0 aromatic carbocycles. The zero-order valence-corrected chi connectivity index (χ0v) is 10.5. The molecule has 90 valence electrons. The molecule has 0 radical (unpaired) electrons. The van der Waals surface area contributed by atoms with Crippen molar-refractivity contribution in [3.05, 3.63) is 29.4 Å². The van der Waals surface area contributed by atoms with Gasteiger partial charge in [-0.1, -0.05) is 11.6 Å². The first-order valence-electron chi connectivity index (χ1n) is 5.27. The Morgan fingerprint density at radius 1 is 1.41 bits per heavy atom. The lowest BCUT2D eigenvalue weighted by molar-refractivity contribution is 0.181. The molecule has 0 aliphatic carbocycles. The zero-order chi connectivity index (χ0) is 12.3. The maximum absolute atomic E-state index is 5.96. The molecule has 17 heavy (non-hydrogen) atoms. The average Bonchev–Trinajstić information content (AvgIpc) is 2.76. The molecule has 0 spiro atoms. The fourth-order valence-electron chi connectivity index (χ4n) is 1.56. The minimum Gasteiger partial charge on any atom is -0.378 e. The van der Waals surface area contributed by atoms with Gasteiger partial charge in [-0.2, -0.15) is 0 Å². The van der Waals surface area contributed by atoms with E-state index in [0.717, 1.165) is 17.9 Å². The van der Waals surface area contributed by atoms with Crippen LogP contribution >= 0.6 is 11.6 Å². The minimum absolute atomic E-state index is 0.408. The predicted octanol–water partition coefficient (Wildman–Crippen LogP) is 2.16. The molecule has 0 aliphatic heterocycles. The first kappa shape index (κ1) is 12.0. The van der Waals surface area contributed by atoms with Gasteiger partial charge in [0.15, 0.2) is 5.82 Å². The first-order valence-corrected chi connectivity index (χ1v) is 5.65. The molecule has 2 heterocycles. The number of aryl methyl sites for hydroxylation is 1. The Morgan fingerprint density at radius 3 is 2.94 bits per heavy atom. The molecule has 0 saturated heterocycles. The number of hydrogen-bond donors (Lipinski definition) is 0. The van der Waals surface area contributed by atoms with Crippen LogP contribution in [0.5, 0.6) is 0 Å². The topological polar surface area (TPSA) is 52.8 Å². The van der Waals surface area contributed by atoms with E-state index >= 15 is 0 Å². The Bertz CT molecular complexity index is 512. The van der Waals surface area contributed by atoms with E-state index < -0.39 is 0 Å². The molecule has 2 aromatic rings. The van der Waals surface area contributed by atoms with Crippen LogP contribution in [0.15, 0.2) is 18.6 Å². The second-order valence-corrected chi connectivity index (χ2v) is 3.89. The Labute approximate surface area is 104 Å². The summed E-state index contributed by atoms with van der Waals surface area (Å²) in [5.74, 6) is 0.573. The number of rotatable bonds is 4. The summed E-state index contributed by atoms with van der Waals surface area (Å²) in [6.07, 6.45) is 3.47. The summed E-state index contributed by atoms with van der Waals surface area (Å²) in [5.41, 5.74) is 1.61. The van der Waals surface area contributed by atoms with Gasteiger partial charge in [0.25, 0.3) is 0 Å². The van der Waals surface area contributed by atoms with Gasteiger partial charge in [0.05, 0.1) is 24.8 Å². The van der Waals surface area contributed by atoms with Crippen molar-refractivity contribution in [3.63, 3.8) is 0 Å². The summed E-state index contributed by atoms with van der Waals surface area (Å²) >= 11 is 5.96. The molecule has 0 saturated carbocycles. The highest BCUT2D eigenvalue weighted by Gasteiger charge is 2.09. The number of aromatic nitrogens is 4. The second-order valence-electron chi connectivity index (χ2n) is 3.50. The van der Waals surface area contributed by atoms with Crippen LogP contribution in [0, 0.1) is 0 Å². The van der Waals surface area contributed by atoms with Crippen molar-refractivity contribution in [1.82, 2.24) is 19.5 Å². The summed E-state index contributed by atoms with van der Waals surface area (Å²) < 4.78 is 7.00. The summed E-state index contributed by atoms with van der Waals surface area (Å²) in [7, 11) is 1.62. The monoisotopic (exact) mass is 252 g/mol. The highest BCUT2D eigenvalue weighted by Crippen LogP contribution is 2.18. The molecular weight excluding hydrogens is 240 g/mol. The second kappa shape index (κ2) is 5.25. The number of ether oxygens (including phenoxy) is 1. The van der Waals surface area contributed by atoms with Crippen molar-refractivity contribution in [3.8, 4) is 11.5 Å². The van der Waals surface area contributed by atoms with Gasteiger partial charge in [0, 0.05) is 13.7 Å². The fraction of sp³-hybridized carbons (Fsp3) is 0.364. The van der Waals surface area contributed by atoms with Crippen LogP contribution in [0.3, 0.4) is 0 Å². The molecular formula is C11H13ClN4O. The summed E-state index contributed by atoms with van der Waals surface area (Å²) in [4.78, 5) is 12.7. The van der Waals surface area contributed by atoms with Gasteiger partial charge < -0.3 is 9.30 Å². The van der Waals surface area contributed by atoms with Crippen molar-refractivity contribution in [2.75, 3.05) is 7.11 Å². The largest absolute Gasteiger partial charge is 0.378 e. The Kier molecular flexibility index (Phi) is 3.71. The van der Waals surface area contributed by atoms with Crippen LogP contribution in [-0.4, -0.2) is 26.6 Å². The quantitative estimate of drug-likeness (QED) is 0.783. The molecule has 2 aromatic heterocycles. The maximum Gasteiger partial charge on any atom is 0.179 e. The summed E-state index contributed by atoms with van der Waals surface area (Å²) in [5, 5.41) is 0.408. The van der Waals surface area contributed by atoms with Crippen LogP contribution in [-0.2, 0) is 17.9 Å². The molecule has 0 unspecified atom stereocenters. The Hall–Kier alpha value is -1.46. The average molecular weight is 253 g/mol. The number of hydrogen-bond acceptors (Lipinski definition) is 4. The van der Waals surface area contributed by atoms with Crippen molar-refractivity contribution >= 4 is 11.6 Å². The van der Waals surface area contributed by atoms with Crippen molar-refractivity contribution < 1.29 is 4.74 Å². The van der Waals surface area contributed by atoms with Gasteiger partial charge in [0.1, 0.15) is 10.8 Å². The molecule has 0 aliphatic rings. The van der Waals surface area contributed by atoms with Crippen LogP contribution in [0.4, 0.5) is 0 Å². The number of imidazole rings is 1. The Balaban J connectivity index is 2.44. The van der Waals surface area contributed by atoms with E-state index in [1.807, 2.05) is 11.5 Å². The third-order valence-corrected chi connectivity index (χ3v) is 2.52. The van der Waals surface area contributed by atoms with Gasteiger partial charge in [-0.25, -0.2) is 15.0 Å². The molecule has 5 nitrogen and oxygen atoms in total. The third-order valence-electron chi connectivity index (χ3n) is 2.32. The lowest BCUT2D eigenvalue weighted by Crippen LogP contribution is -2.02. The Morgan fingerprint density at radius 2 is 2.24 bits per heavy atom. The SMILES string of the molecule is CCn1cncc1-c1nc(Cl)cc(COC)n1. The van der Waals surface area contributed by atoms with Gasteiger partial charge in [0.2, 0.25) is 0 Å². The summed E-state index contributed by atoms with van der Waals surface area (Å²) in [6.45, 7) is 3.26. The highest BCUT2D eigenvalue weighted by molar-refractivity contribution is 6.29. The molecule has 0 bridgehead atoms. The molecule has 0 N–H and O–H groups in total. The van der Waals surface area contributed by atoms with E-state index in [2.05, 4.69) is 15.0 Å². The van der Waals surface area contributed by atoms with E-state index in [4.69, 9.17) is 16.3 Å². The minimum atomic E-state index is 0.408. The van der Waals surface area contributed by atoms with E-state index in [-0.39, 0.29) is 0 Å². The normalized spacial score (nSPS) is 10.8. The van der Waals surface area contributed by atoms with Gasteiger partial charge >= 0.3 is 0 Å². The zero-order valence-electron chi connectivity index (χ0n) is 9.72. The molecule has 6 heteroatoms. The smallest absolute Gasteiger partial charge is 0.179 e. The van der Waals surface area contributed by atoms with Gasteiger partial charge in [-0.3, -0.25) is 0 Å². The van der Waals surface area contributed by atoms with Crippen LogP contribution in [0.25, 0.3) is 11.5 Å². The van der Waals surface area contributed by atoms with Crippen LogP contribution < -0.4 is 0 Å².